The van der Waals surface area contributed by atoms with E-state index >= 15 is 0 Å². The summed E-state index contributed by atoms with van der Waals surface area (Å²) in [6, 6.07) is 9.86. The van der Waals surface area contributed by atoms with Gasteiger partial charge in [-0.1, -0.05) is 19.9 Å². The molecule has 1 aliphatic rings. The van der Waals surface area contributed by atoms with Crippen LogP contribution < -0.4 is 10.2 Å². The van der Waals surface area contributed by atoms with Gasteiger partial charge in [0.2, 0.25) is 0 Å². The number of aromatic nitrogens is 4. The second kappa shape index (κ2) is 11.0. The van der Waals surface area contributed by atoms with Gasteiger partial charge in [-0.25, -0.2) is 14.5 Å². The van der Waals surface area contributed by atoms with Crippen molar-refractivity contribution in [3.63, 3.8) is 0 Å². The van der Waals surface area contributed by atoms with E-state index in [2.05, 4.69) is 41.0 Å². The summed E-state index contributed by atoms with van der Waals surface area (Å²) < 4.78 is 1.73. The Balaban J connectivity index is 1.51. The van der Waals surface area contributed by atoms with Crippen LogP contribution in [0.1, 0.15) is 37.6 Å². The van der Waals surface area contributed by atoms with E-state index in [0.717, 1.165) is 42.2 Å². The molecule has 4 aromatic rings. The molecule has 1 saturated heterocycles. The molecule has 9 nitrogen and oxygen atoms in total. The van der Waals surface area contributed by atoms with Crippen LogP contribution in [0.2, 0.25) is 0 Å². The van der Waals surface area contributed by atoms with Gasteiger partial charge in [0.25, 0.3) is 5.91 Å². The van der Waals surface area contributed by atoms with Gasteiger partial charge in [0.1, 0.15) is 5.82 Å². The summed E-state index contributed by atoms with van der Waals surface area (Å²) in [7, 11) is 0. The first-order valence-electron chi connectivity index (χ1n) is 12.8. The fraction of sp³-hybridized carbons (Fsp3) is 0.407. The molecule has 0 bridgehead atoms. The molecule has 1 fully saturated rings. The second-order valence-electron chi connectivity index (χ2n) is 9.31. The maximum Gasteiger partial charge on any atom is 0.251 e. The van der Waals surface area contributed by atoms with Crippen molar-refractivity contribution in [3.8, 4) is 21.8 Å². The van der Waals surface area contributed by atoms with Crippen molar-refractivity contribution in [1.29, 1.82) is 0 Å². The molecule has 10 heteroatoms. The van der Waals surface area contributed by atoms with E-state index in [0.29, 0.717) is 29.3 Å². The van der Waals surface area contributed by atoms with Crippen LogP contribution in [0, 0.1) is 0 Å². The zero-order chi connectivity index (χ0) is 25.9. The molecular formula is C27H33N7O2S. The zero-order valence-electron chi connectivity index (χ0n) is 21.5. The Bertz CT molecular complexity index is 1360. The second-order valence-corrected chi connectivity index (χ2v) is 10.3. The van der Waals surface area contributed by atoms with E-state index in [1.165, 1.54) is 0 Å². The Hall–Kier alpha value is -3.34. The third-order valence-electron chi connectivity index (χ3n) is 7.14. The SMILES string of the molecule is CCN(CC)[C@@H](C)CNC(=O)c1cc(-c2cnn3ccc(-c4cccs4)nc23)nc(N2CC[C@H]2CO)c1. The van der Waals surface area contributed by atoms with E-state index < -0.39 is 0 Å². The minimum atomic E-state index is -0.145. The van der Waals surface area contributed by atoms with Gasteiger partial charge >= 0.3 is 0 Å². The van der Waals surface area contributed by atoms with Crippen LogP contribution in [-0.2, 0) is 0 Å². The number of hydrogen-bond donors (Lipinski definition) is 2. The highest BCUT2D eigenvalue weighted by Crippen LogP contribution is 2.31. The minimum Gasteiger partial charge on any atom is -0.394 e. The van der Waals surface area contributed by atoms with Gasteiger partial charge in [0, 0.05) is 30.9 Å². The first-order valence-corrected chi connectivity index (χ1v) is 13.7. The van der Waals surface area contributed by atoms with Crippen molar-refractivity contribution in [2.75, 3.05) is 37.7 Å². The van der Waals surface area contributed by atoms with Crippen molar-refractivity contribution < 1.29 is 9.90 Å². The number of pyridine rings is 1. The Morgan fingerprint density at radius 2 is 2.08 bits per heavy atom. The molecular weight excluding hydrogens is 486 g/mol. The molecule has 37 heavy (non-hydrogen) atoms. The fourth-order valence-corrected chi connectivity index (χ4v) is 5.49. The number of amides is 1. The van der Waals surface area contributed by atoms with Gasteiger partial charge in [0.15, 0.2) is 5.65 Å². The smallest absolute Gasteiger partial charge is 0.251 e. The number of hydrogen-bond acceptors (Lipinski definition) is 8. The number of thiophene rings is 1. The van der Waals surface area contributed by atoms with Crippen LogP contribution >= 0.6 is 11.3 Å². The average molecular weight is 520 g/mol. The first kappa shape index (κ1) is 25.3. The molecule has 0 saturated carbocycles. The summed E-state index contributed by atoms with van der Waals surface area (Å²) in [5, 5.41) is 19.4. The molecule has 5 heterocycles. The molecule has 2 N–H and O–H groups in total. The quantitative estimate of drug-likeness (QED) is 0.331. The Kier molecular flexibility index (Phi) is 7.50. The summed E-state index contributed by atoms with van der Waals surface area (Å²) >= 11 is 1.63. The third kappa shape index (κ3) is 5.09. The predicted octanol–water partition coefficient (Wildman–Crippen LogP) is 3.55. The normalized spacial score (nSPS) is 16.2. The van der Waals surface area contributed by atoms with Crippen LogP contribution in [0.15, 0.2) is 48.1 Å². The molecule has 5 rings (SSSR count). The van der Waals surface area contributed by atoms with Crippen molar-refractivity contribution in [2.45, 2.75) is 39.3 Å². The molecule has 0 radical (unpaired) electrons. The fourth-order valence-electron chi connectivity index (χ4n) is 4.79. The molecule has 0 aromatic carbocycles. The summed E-state index contributed by atoms with van der Waals surface area (Å²) in [5.74, 6) is 0.534. The van der Waals surface area contributed by atoms with Gasteiger partial charge in [-0.3, -0.25) is 9.69 Å². The summed E-state index contributed by atoms with van der Waals surface area (Å²) in [6.45, 7) is 9.64. The van der Waals surface area contributed by atoms with Crippen molar-refractivity contribution in [3.05, 3.63) is 53.7 Å². The number of rotatable bonds is 10. The Morgan fingerprint density at radius 1 is 1.24 bits per heavy atom. The predicted molar refractivity (Wildman–Crippen MR) is 147 cm³/mol. The number of likely N-dealkylation sites (N-methyl/N-ethyl adjacent to an activating group) is 1. The molecule has 0 unspecified atom stereocenters. The average Bonchev–Trinajstić information content (AvgIpc) is 3.57. The number of nitrogens with zero attached hydrogens (tertiary/aromatic N) is 6. The standard InChI is InChI=1S/C27H33N7O2S/c1-4-32(5-2)18(3)15-28-27(36)19-13-23(30-25(14-19)33-10-8-20(33)17-35)21-16-29-34-11-9-22(31-26(21)34)24-7-6-12-37-24/h6-7,9,11-14,16,18,20,35H,4-5,8,10,15,17H2,1-3H3,(H,28,36)/t18-,20-/m0/s1. The molecule has 0 aliphatic carbocycles. The van der Waals surface area contributed by atoms with Gasteiger partial charge in [-0.15, -0.1) is 11.3 Å². The zero-order valence-corrected chi connectivity index (χ0v) is 22.3. The maximum atomic E-state index is 13.3. The van der Waals surface area contributed by atoms with Crippen molar-refractivity contribution >= 4 is 28.7 Å². The van der Waals surface area contributed by atoms with Crippen molar-refractivity contribution in [1.82, 2.24) is 29.8 Å². The van der Waals surface area contributed by atoms with Crippen LogP contribution in [0.3, 0.4) is 0 Å². The molecule has 0 spiro atoms. The van der Waals surface area contributed by atoms with Crippen LogP contribution in [0.4, 0.5) is 5.82 Å². The molecule has 4 aromatic heterocycles. The van der Waals surface area contributed by atoms with Gasteiger partial charge in [-0.05, 0) is 56.1 Å². The number of carbonyl (C=O) groups excluding carboxylic acids is 1. The Morgan fingerprint density at radius 3 is 2.76 bits per heavy atom. The van der Waals surface area contributed by atoms with E-state index in [4.69, 9.17) is 9.97 Å². The van der Waals surface area contributed by atoms with E-state index in [1.54, 1.807) is 22.0 Å². The monoisotopic (exact) mass is 519 g/mol. The maximum absolute atomic E-state index is 13.3. The lowest BCUT2D eigenvalue weighted by molar-refractivity contribution is 0.0938. The summed E-state index contributed by atoms with van der Waals surface area (Å²) in [4.78, 5) is 28.5. The lowest BCUT2D eigenvalue weighted by Crippen LogP contribution is -2.50. The minimum absolute atomic E-state index is 0.00816. The highest BCUT2D eigenvalue weighted by atomic mass is 32.1. The van der Waals surface area contributed by atoms with E-state index in [-0.39, 0.29) is 24.6 Å². The Labute approximate surface area is 220 Å². The lowest BCUT2D eigenvalue weighted by Gasteiger charge is -2.41. The van der Waals surface area contributed by atoms with Gasteiger partial charge in [0.05, 0.1) is 40.7 Å². The number of anilines is 1. The largest absolute Gasteiger partial charge is 0.394 e. The van der Waals surface area contributed by atoms with Crippen molar-refractivity contribution in [2.24, 2.45) is 0 Å². The summed E-state index contributed by atoms with van der Waals surface area (Å²) in [5.41, 5.74) is 3.47. The number of nitrogens with one attached hydrogen (secondary N) is 1. The van der Waals surface area contributed by atoms with Crippen LogP contribution in [0.5, 0.6) is 0 Å². The van der Waals surface area contributed by atoms with E-state index in [1.807, 2.05) is 41.9 Å². The molecule has 1 aliphatic heterocycles. The molecule has 1 amide bonds. The molecule has 194 valence electrons. The molecule has 2 atom stereocenters. The van der Waals surface area contributed by atoms with Crippen LogP contribution in [-0.4, -0.2) is 80.4 Å². The van der Waals surface area contributed by atoms with Gasteiger partial charge < -0.3 is 15.3 Å². The highest BCUT2D eigenvalue weighted by Gasteiger charge is 2.30. The highest BCUT2D eigenvalue weighted by molar-refractivity contribution is 7.13. The third-order valence-corrected chi connectivity index (χ3v) is 8.03. The summed E-state index contributed by atoms with van der Waals surface area (Å²) in [6.07, 6.45) is 4.54. The van der Waals surface area contributed by atoms with Crippen LogP contribution in [0.25, 0.3) is 27.5 Å². The number of aliphatic hydroxyl groups excluding tert-OH is 1. The van der Waals surface area contributed by atoms with Gasteiger partial charge in [-0.2, -0.15) is 5.10 Å². The lowest BCUT2D eigenvalue weighted by atomic mass is 10.0. The topological polar surface area (TPSA) is 98.9 Å². The number of fused-ring (bicyclic) bond motifs is 1. The first-order chi connectivity index (χ1) is 18.0. The number of aliphatic hydroxyl groups is 1. The number of carbonyl (C=O) groups is 1. The van der Waals surface area contributed by atoms with E-state index in [9.17, 15) is 9.90 Å².